The number of carbonyl (C=O) groups is 1. The first-order valence-corrected chi connectivity index (χ1v) is 6.96. The highest BCUT2D eigenvalue weighted by Gasteiger charge is 2.12. The van der Waals surface area contributed by atoms with Crippen LogP contribution in [0.25, 0.3) is 10.8 Å². The lowest BCUT2D eigenvalue weighted by atomic mass is 10.1. The molecule has 2 aromatic rings. The smallest absolute Gasteiger partial charge is 0.337 e. The number of nitrogens with zero attached hydrogens (tertiary/aromatic N) is 1. The lowest BCUT2D eigenvalue weighted by Crippen LogP contribution is -1.99. The highest BCUT2D eigenvalue weighted by molar-refractivity contribution is 7.99. The number of benzene rings is 1. The maximum Gasteiger partial charge on any atom is 0.337 e. The molecule has 94 valence electrons. The van der Waals surface area contributed by atoms with Crippen LogP contribution in [0.2, 0.25) is 0 Å². The van der Waals surface area contributed by atoms with Crippen LogP contribution in [0.15, 0.2) is 35.5 Å². The average molecular weight is 261 g/mol. The molecule has 2 rings (SSSR count). The molecular weight excluding hydrogens is 246 g/mol. The molecule has 0 aliphatic heterocycles. The third-order valence-electron chi connectivity index (χ3n) is 2.73. The molecule has 0 saturated heterocycles. The molecule has 0 aliphatic carbocycles. The second-order valence-electron chi connectivity index (χ2n) is 4.03. The van der Waals surface area contributed by atoms with Gasteiger partial charge < -0.3 is 5.11 Å². The van der Waals surface area contributed by atoms with Gasteiger partial charge in [0, 0.05) is 17.0 Å². The second-order valence-corrected chi connectivity index (χ2v) is 5.11. The summed E-state index contributed by atoms with van der Waals surface area (Å²) >= 11 is 1.69. The van der Waals surface area contributed by atoms with Gasteiger partial charge in [0.1, 0.15) is 5.03 Å². The van der Waals surface area contributed by atoms with Crippen LogP contribution in [-0.2, 0) is 0 Å². The first-order valence-electron chi connectivity index (χ1n) is 5.98. The van der Waals surface area contributed by atoms with Gasteiger partial charge >= 0.3 is 5.97 Å². The van der Waals surface area contributed by atoms with Crippen molar-refractivity contribution in [3.63, 3.8) is 0 Å². The van der Waals surface area contributed by atoms with Crippen molar-refractivity contribution in [2.45, 2.75) is 24.8 Å². The zero-order valence-electron chi connectivity index (χ0n) is 10.2. The van der Waals surface area contributed by atoms with Crippen molar-refractivity contribution < 1.29 is 9.90 Å². The van der Waals surface area contributed by atoms with Crippen LogP contribution in [0, 0.1) is 0 Å². The predicted molar refractivity (Wildman–Crippen MR) is 74.3 cm³/mol. The Balaban J connectivity index is 2.44. The van der Waals surface area contributed by atoms with Crippen LogP contribution in [-0.4, -0.2) is 21.8 Å². The summed E-state index contributed by atoms with van der Waals surface area (Å²) in [5.74, 6) is 0.0868. The van der Waals surface area contributed by atoms with E-state index in [1.807, 2.05) is 24.3 Å². The molecule has 1 aromatic carbocycles. The van der Waals surface area contributed by atoms with Crippen LogP contribution in [0.3, 0.4) is 0 Å². The van der Waals surface area contributed by atoms with Crippen LogP contribution in [0.4, 0.5) is 0 Å². The Hall–Kier alpha value is -1.55. The van der Waals surface area contributed by atoms with Gasteiger partial charge in [-0.1, -0.05) is 37.6 Å². The maximum atomic E-state index is 11.1. The summed E-state index contributed by atoms with van der Waals surface area (Å²) < 4.78 is 0. The fourth-order valence-corrected chi connectivity index (χ4v) is 2.85. The number of fused-ring (bicyclic) bond motifs is 1. The fourth-order valence-electron chi connectivity index (χ4n) is 1.77. The predicted octanol–water partition coefficient (Wildman–Crippen LogP) is 3.83. The number of hydrogen-bond donors (Lipinski definition) is 1. The third kappa shape index (κ3) is 2.64. The van der Waals surface area contributed by atoms with Crippen LogP contribution >= 0.6 is 11.8 Å². The van der Waals surface area contributed by atoms with E-state index in [0.29, 0.717) is 0 Å². The zero-order valence-corrected chi connectivity index (χ0v) is 11.0. The summed E-state index contributed by atoms with van der Waals surface area (Å²) in [6, 6.07) is 7.54. The van der Waals surface area contributed by atoms with Crippen molar-refractivity contribution in [1.82, 2.24) is 4.98 Å². The van der Waals surface area contributed by atoms with E-state index in [1.54, 1.807) is 11.8 Å². The summed E-state index contributed by atoms with van der Waals surface area (Å²) in [4.78, 5) is 15.4. The van der Waals surface area contributed by atoms with E-state index >= 15 is 0 Å². The number of pyridine rings is 1. The van der Waals surface area contributed by atoms with E-state index < -0.39 is 5.97 Å². The number of unbranched alkanes of at least 4 members (excludes halogenated alkanes) is 1. The Morgan fingerprint density at radius 3 is 2.72 bits per heavy atom. The van der Waals surface area contributed by atoms with Gasteiger partial charge in [-0.3, -0.25) is 0 Å². The summed E-state index contributed by atoms with van der Waals surface area (Å²) in [5.41, 5.74) is 0.269. The second kappa shape index (κ2) is 5.87. The van der Waals surface area contributed by atoms with Gasteiger partial charge in [-0.25, -0.2) is 9.78 Å². The lowest BCUT2D eigenvalue weighted by Gasteiger charge is -2.07. The normalized spacial score (nSPS) is 10.7. The number of aromatic nitrogens is 1. The molecule has 1 heterocycles. The Bertz CT molecular complexity index is 569. The molecule has 0 fully saturated rings. The molecule has 0 unspecified atom stereocenters. The van der Waals surface area contributed by atoms with Gasteiger partial charge in [0.15, 0.2) is 0 Å². The van der Waals surface area contributed by atoms with E-state index in [-0.39, 0.29) is 5.56 Å². The van der Waals surface area contributed by atoms with Gasteiger partial charge in [-0.15, -0.1) is 11.8 Å². The van der Waals surface area contributed by atoms with E-state index in [2.05, 4.69) is 11.9 Å². The van der Waals surface area contributed by atoms with E-state index in [1.165, 1.54) is 6.20 Å². The number of thioether (sulfide) groups is 1. The highest BCUT2D eigenvalue weighted by Crippen LogP contribution is 2.28. The molecule has 1 N–H and O–H groups in total. The minimum atomic E-state index is -0.927. The molecule has 0 radical (unpaired) electrons. The molecule has 0 aliphatic rings. The molecular formula is C14H15NO2S. The van der Waals surface area contributed by atoms with Crippen molar-refractivity contribution in [3.8, 4) is 0 Å². The van der Waals surface area contributed by atoms with Crippen molar-refractivity contribution in [2.75, 3.05) is 5.75 Å². The van der Waals surface area contributed by atoms with Gasteiger partial charge in [0.25, 0.3) is 0 Å². The number of aromatic carboxylic acids is 1. The summed E-state index contributed by atoms with van der Waals surface area (Å²) in [6.45, 7) is 2.15. The topological polar surface area (TPSA) is 50.2 Å². The standard InChI is InChI=1S/C14H15NO2S/c1-2-3-8-18-13-11-7-5-4-6-10(11)12(9-15-13)14(16)17/h4-7,9H,2-3,8H2,1H3,(H,16,17). The molecule has 0 amide bonds. The molecule has 0 bridgehead atoms. The summed E-state index contributed by atoms with van der Waals surface area (Å²) in [6.07, 6.45) is 3.75. The zero-order chi connectivity index (χ0) is 13.0. The first-order chi connectivity index (χ1) is 8.74. The van der Waals surface area contributed by atoms with Crippen molar-refractivity contribution in [1.29, 1.82) is 0 Å². The molecule has 18 heavy (non-hydrogen) atoms. The number of hydrogen-bond acceptors (Lipinski definition) is 3. The largest absolute Gasteiger partial charge is 0.478 e. The SMILES string of the molecule is CCCCSc1ncc(C(=O)O)c2ccccc12. The Labute approximate surface area is 110 Å². The van der Waals surface area contributed by atoms with Gasteiger partial charge in [0.05, 0.1) is 5.56 Å². The first kappa shape index (κ1) is 12.9. The van der Waals surface area contributed by atoms with Crippen molar-refractivity contribution in [2.24, 2.45) is 0 Å². The minimum absolute atomic E-state index is 0.269. The van der Waals surface area contributed by atoms with Crippen molar-refractivity contribution >= 4 is 28.5 Å². The quantitative estimate of drug-likeness (QED) is 0.656. The molecule has 0 saturated carbocycles. The van der Waals surface area contributed by atoms with Crippen LogP contribution < -0.4 is 0 Å². The van der Waals surface area contributed by atoms with Crippen LogP contribution in [0.5, 0.6) is 0 Å². The Morgan fingerprint density at radius 2 is 2.06 bits per heavy atom. The Kier molecular flexibility index (Phi) is 4.20. The van der Waals surface area contributed by atoms with E-state index in [0.717, 1.165) is 34.4 Å². The van der Waals surface area contributed by atoms with Gasteiger partial charge in [0.2, 0.25) is 0 Å². The molecule has 0 atom stereocenters. The molecule has 0 spiro atoms. The van der Waals surface area contributed by atoms with Gasteiger partial charge in [-0.2, -0.15) is 0 Å². The molecule has 4 heteroatoms. The van der Waals surface area contributed by atoms with Crippen molar-refractivity contribution in [3.05, 3.63) is 36.0 Å². The van der Waals surface area contributed by atoms with E-state index in [4.69, 9.17) is 5.11 Å². The Morgan fingerprint density at radius 1 is 1.33 bits per heavy atom. The third-order valence-corrected chi connectivity index (χ3v) is 3.82. The molecule has 1 aromatic heterocycles. The summed E-state index contributed by atoms with van der Waals surface area (Å²) in [7, 11) is 0. The lowest BCUT2D eigenvalue weighted by molar-refractivity contribution is 0.0698. The summed E-state index contributed by atoms with van der Waals surface area (Å²) in [5, 5.41) is 11.8. The van der Waals surface area contributed by atoms with Crippen LogP contribution in [0.1, 0.15) is 30.1 Å². The fraction of sp³-hybridized carbons (Fsp3) is 0.286. The van der Waals surface area contributed by atoms with E-state index in [9.17, 15) is 4.79 Å². The molecule has 3 nitrogen and oxygen atoms in total. The van der Waals surface area contributed by atoms with Gasteiger partial charge in [-0.05, 0) is 12.2 Å². The maximum absolute atomic E-state index is 11.1. The monoisotopic (exact) mass is 261 g/mol. The number of carboxylic acid groups (broad SMARTS) is 1. The minimum Gasteiger partial charge on any atom is -0.478 e. The number of carboxylic acids is 1. The highest BCUT2D eigenvalue weighted by atomic mass is 32.2. The average Bonchev–Trinajstić information content (AvgIpc) is 2.38. The number of rotatable bonds is 5.